The maximum Gasteiger partial charge on any atom is 0.426 e. The molecule has 0 radical (unpaired) electrons. The molecule has 1 nitrogen and oxygen atoms in total. The van der Waals surface area contributed by atoms with E-state index in [-0.39, 0.29) is 12.3 Å². The van der Waals surface area contributed by atoms with E-state index < -0.39 is 36.7 Å². The first-order chi connectivity index (χ1) is 14.8. The number of alkyl halides is 9. The van der Waals surface area contributed by atoms with Gasteiger partial charge in [-0.1, -0.05) is 50.8 Å². The molecule has 0 amide bonds. The Hall–Kier alpha value is -1.19. The van der Waals surface area contributed by atoms with Crippen molar-refractivity contribution in [2.45, 2.75) is 94.7 Å². The van der Waals surface area contributed by atoms with Crippen LogP contribution in [0.25, 0.3) is 0 Å². The molecule has 0 heterocycles. The summed E-state index contributed by atoms with van der Waals surface area (Å²) >= 11 is 0. The highest BCUT2D eigenvalue weighted by Gasteiger charge is 2.81. The molecule has 1 atom stereocenters. The summed E-state index contributed by atoms with van der Waals surface area (Å²) in [7, 11) is 0. The topological polar surface area (TPSA) is 9.23 Å². The Morgan fingerprint density at radius 2 is 1.53 bits per heavy atom. The van der Waals surface area contributed by atoms with Gasteiger partial charge in [-0.15, -0.1) is 0 Å². The van der Waals surface area contributed by atoms with E-state index in [1.54, 1.807) is 0 Å². The molecule has 0 N–H and O–H groups in total. The number of ether oxygens (including phenoxy) is 1. The van der Waals surface area contributed by atoms with Gasteiger partial charge in [-0.2, -0.15) is 35.1 Å². The van der Waals surface area contributed by atoms with Crippen molar-refractivity contribution in [3.63, 3.8) is 0 Å². The van der Waals surface area contributed by atoms with Crippen LogP contribution in [0.3, 0.4) is 0 Å². The molecule has 2 aliphatic carbocycles. The third kappa shape index (κ3) is 5.65. The molecule has 1 saturated carbocycles. The van der Waals surface area contributed by atoms with Crippen LogP contribution in [0.4, 0.5) is 39.5 Å². The Kier molecular flexibility index (Phi) is 8.78. The average molecular weight is 480 g/mol. The summed E-state index contributed by atoms with van der Waals surface area (Å²) in [4.78, 5) is 0. The van der Waals surface area contributed by atoms with Crippen LogP contribution in [0.15, 0.2) is 23.8 Å². The zero-order valence-corrected chi connectivity index (χ0v) is 17.8. The molecule has 1 fully saturated rings. The van der Waals surface area contributed by atoms with Gasteiger partial charge in [0.15, 0.2) is 6.67 Å². The fraction of sp³-hybridized carbons (Fsp3) is 0.818. The van der Waals surface area contributed by atoms with Crippen molar-refractivity contribution in [3.8, 4) is 0 Å². The van der Waals surface area contributed by atoms with Crippen molar-refractivity contribution < 1.29 is 44.3 Å². The molecule has 0 aromatic rings. The predicted molar refractivity (Wildman–Crippen MR) is 102 cm³/mol. The van der Waals surface area contributed by atoms with Crippen LogP contribution in [-0.4, -0.2) is 36.7 Å². The van der Waals surface area contributed by atoms with Crippen molar-refractivity contribution in [1.82, 2.24) is 0 Å². The van der Waals surface area contributed by atoms with Gasteiger partial charge in [-0.05, 0) is 49.5 Å². The maximum absolute atomic E-state index is 13.8. The van der Waals surface area contributed by atoms with Crippen molar-refractivity contribution in [2.75, 3.05) is 6.67 Å². The first kappa shape index (κ1) is 27.1. The Balaban J connectivity index is 1.94. The largest absolute Gasteiger partial charge is 0.426 e. The van der Waals surface area contributed by atoms with Crippen LogP contribution in [-0.2, 0) is 4.74 Å². The van der Waals surface area contributed by atoms with Crippen molar-refractivity contribution in [2.24, 2.45) is 11.8 Å². The molecular weight excluding hydrogens is 451 g/mol. The lowest BCUT2D eigenvalue weighted by atomic mass is 9.76. The Morgan fingerprint density at radius 3 is 2.03 bits per heavy atom. The monoisotopic (exact) mass is 480 g/mol. The minimum Gasteiger partial charge on any atom is -0.308 e. The van der Waals surface area contributed by atoms with Gasteiger partial charge in [0.1, 0.15) is 0 Å². The van der Waals surface area contributed by atoms with E-state index in [2.05, 4.69) is 11.7 Å². The highest BCUT2D eigenvalue weighted by Crippen LogP contribution is 2.53. The molecule has 0 aromatic carbocycles. The second-order valence-electron chi connectivity index (χ2n) is 8.67. The Bertz CT molecular complexity index is 664. The molecule has 2 rings (SSSR count). The Labute approximate surface area is 182 Å². The summed E-state index contributed by atoms with van der Waals surface area (Å²) < 4.78 is 123. The standard InChI is InChI=1S/C22H29F9O/c1-2-3-4-5-15-6-8-16(9-7-15)17-10-12-18(13-11-17)32-22(30,31)21(28,29)20(26,27)19(24,25)14-23/h10-12,15-16,18H,2-9,13-14H2,1H3. The zero-order valence-electron chi connectivity index (χ0n) is 17.8. The highest BCUT2D eigenvalue weighted by atomic mass is 19.4. The number of rotatable bonds is 11. The fourth-order valence-electron chi connectivity index (χ4n) is 4.24. The lowest BCUT2D eigenvalue weighted by Gasteiger charge is -2.36. The lowest BCUT2D eigenvalue weighted by molar-refractivity contribution is -0.432. The number of allylic oxidation sites excluding steroid dienone is 2. The Morgan fingerprint density at radius 1 is 0.906 bits per heavy atom. The van der Waals surface area contributed by atoms with Crippen LogP contribution >= 0.6 is 0 Å². The van der Waals surface area contributed by atoms with Crippen LogP contribution in [0.1, 0.15) is 64.7 Å². The smallest absolute Gasteiger partial charge is 0.308 e. The first-order valence-electron chi connectivity index (χ1n) is 10.9. The first-order valence-corrected chi connectivity index (χ1v) is 10.9. The van der Waals surface area contributed by atoms with Crippen LogP contribution < -0.4 is 0 Å². The third-order valence-electron chi connectivity index (χ3n) is 6.31. The van der Waals surface area contributed by atoms with Gasteiger partial charge in [0.2, 0.25) is 0 Å². The molecule has 0 saturated heterocycles. The van der Waals surface area contributed by atoms with Crippen molar-refractivity contribution in [1.29, 1.82) is 0 Å². The van der Waals surface area contributed by atoms with E-state index in [9.17, 15) is 39.5 Å². The molecule has 0 aromatic heterocycles. The fourth-order valence-corrected chi connectivity index (χ4v) is 4.24. The molecule has 10 heteroatoms. The summed E-state index contributed by atoms with van der Waals surface area (Å²) in [6, 6.07) is 0. The van der Waals surface area contributed by atoms with Crippen molar-refractivity contribution >= 4 is 0 Å². The summed E-state index contributed by atoms with van der Waals surface area (Å²) in [5.74, 6) is -18.4. The summed E-state index contributed by atoms with van der Waals surface area (Å²) in [5, 5.41) is 0. The van der Waals surface area contributed by atoms with Gasteiger partial charge >= 0.3 is 23.9 Å². The number of unbranched alkanes of at least 4 members (excludes halogenated alkanes) is 2. The molecule has 186 valence electrons. The van der Waals surface area contributed by atoms with E-state index in [0.29, 0.717) is 5.92 Å². The van der Waals surface area contributed by atoms with E-state index in [1.807, 2.05) is 0 Å². The molecule has 2 aliphatic rings. The van der Waals surface area contributed by atoms with Crippen molar-refractivity contribution in [3.05, 3.63) is 23.8 Å². The zero-order chi connectivity index (χ0) is 24.2. The minimum absolute atomic E-state index is 0.184. The molecule has 0 bridgehead atoms. The summed E-state index contributed by atoms with van der Waals surface area (Å²) in [6.45, 7) is -1.08. The van der Waals surface area contributed by atoms with Gasteiger partial charge in [-0.3, -0.25) is 0 Å². The SMILES string of the molecule is CCCCCC1CCC(C2=CCC(OC(F)(F)C(F)(F)C(F)(F)C(F)(F)CF)C=C2)CC1. The minimum atomic E-state index is -6.65. The van der Waals surface area contributed by atoms with Crippen LogP contribution in [0.5, 0.6) is 0 Å². The molecule has 1 unspecified atom stereocenters. The molecule has 0 aliphatic heterocycles. The molecule has 32 heavy (non-hydrogen) atoms. The summed E-state index contributed by atoms with van der Waals surface area (Å²) in [6.07, 6.45) is 4.60. The number of hydrogen-bond acceptors (Lipinski definition) is 1. The van der Waals surface area contributed by atoms with E-state index in [1.165, 1.54) is 31.4 Å². The molecular formula is C22H29F9O. The average Bonchev–Trinajstić information content (AvgIpc) is 2.74. The van der Waals surface area contributed by atoms with Gasteiger partial charge in [0, 0.05) is 0 Å². The number of halogens is 9. The molecule has 0 spiro atoms. The predicted octanol–water partition coefficient (Wildman–Crippen LogP) is 8.11. The van der Waals surface area contributed by atoms with Gasteiger partial charge < -0.3 is 4.74 Å². The second-order valence-corrected chi connectivity index (χ2v) is 8.67. The quantitative estimate of drug-likeness (QED) is 0.214. The second kappa shape index (κ2) is 10.4. The van der Waals surface area contributed by atoms with Gasteiger partial charge in [-0.25, -0.2) is 4.39 Å². The highest BCUT2D eigenvalue weighted by molar-refractivity contribution is 5.27. The van der Waals surface area contributed by atoms with E-state index in [0.717, 1.165) is 43.8 Å². The maximum atomic E-state index is 13.8. The van der Waals surface area contributed by atoms with E-state index >= 15 is 0 Å². The normalized spacial score (nSPS) is 25.7. The van der Waals surface area contributed by atoms with Crippen LogP contribution in [0.2, 0.25) is 0 Å². The number of hydrogen-bond donors (Lipinski definition) is 0. The lowest BCUT2D eigenvalue weighted by Crippen LogP contribution is -2.64. The van der Waals surface area contributed by atoms with Gasteiger partial charge in [0.05, 0.1) is 6.10 Å². The third-order valence-corrected chi connectivity index (χ3v) is 6.31. The summed E-state index contributed by atoms with van der Waals surface area (Å²) in [5.41, 5.74) is 0.834. The van der Waals surface area contributed by atoms with E-state index in [4.69, 9.17) is 0 Å². The van der Waals surface area contributed by atoms with Crippen LogP contribution in [0, 0.1) is 11.8 Å². The van der Waals surface area contributed by atoms with Gasteiger partial charge in [0.25, 0.3) is 0 Å².